The van der Waals surface area contributed by atoms with E-state index in [1.54, 1.807) is 0 Å². The molecule has 0 fully saturated rings. The van der Waals surface area contributed by atoms with Gasteiger partial charge in [0.05, 0.1) is 4.92 Å². The first-order valence-corrected chi connectivity index (χ1v) is 7.29. The average molecular weight is 356 g/mol. The Morgan fingerprint density at radius 2 is 2.00 bits per heavy atom. The lowest BCUT2D eigenvalue weighted by Crippen LogP contribution is -2.26. The molecule has 0 amide bonds. The first kappa shape index (κ1) is 13.3. The predicted molar refractivity (Wildman–Crippen MR) is 67.2 cm³/mol. The molecule has 88 valence electrons. The number of benzene rings is 1. The Morgan fingerprint density at radius 1 is 1.38 bits per heavy atom. The second-order valence-electron chi connectivity index (χ2n) is 2.81. The van der Waals surface area contributed by atoms with E-state index in [0.29, 0.717) is 4.43 Å². The largest absolute Gasteiger partial charge is 0.289 e. The van der Waals surface area contributed by atoms with Gasteiger partial charge < -0.3 is 0 Å². The fourth-order valence-corrected chi connectivity index (χ4v) is 2.92. The molecule has 0 radical (unpaired) electrons. The minimum atomic E-state index is -3.79. The van der Waals surface area contributed by atoms with Crippen LogP contribution in [0.1, 0.15) is 0 Å². The fourth-order valence-electron chi connectivity index (χ4n) is 1.09. The third kappa shape index (κ3) is 3.12. The van der Waals surface area contributed by atoms with Crippen LogP contribution in [0.2, 0.25) is 0 Å². The lowest BCUT2D eigenvalue weighted by atomic mass is 10.3. The molecule has 0 aliphatic carbocycles. The summed E-state index contributed by atoms with van der Waals surface area (Å²) < 4.78 is 26.3. The number of nitrogens with one attached hydrogen (secondary N) is 1. The van der Waals surface area contributed by atoms with Crippen molar-refractivity contribution in [1.29, 1.82) is 0 Å². The van der Waals surface area contributed by atoms with Crippen molar-refractivity contribution in [3.63, 3.8) is 0 Å². The molecular weight excluding hydrogens is 347 g/mol. The molecule has 0 bridgehead atoms. The van der Waals surface area contributed by atoms with Gasteiger partial charge in [0.1, 0.15) is 0 Å². The summed E-state index contributed by atoms with van der Waals surface area (Å²) in [6.45, 7) is 0.245. The van der Waals surface area contributed by atoms with Crippen molar-refractivity contribution in [3.05, 3.63) is 34.4 Å². The van der Waals surface area contributed by atoms with Crippen LogP contribution in [0.3, 0.4) is 0 Å². The highest BCUT2D eigenvalue weighted by Gasteiger charge is 2.24. The van der Waals surface area contributed by atoms with Crippen LogP contribution in [0.15, 0.2) is 29.2 Å². The van der Waals surface area contributed by atoms with E-state index in [1.807, 2.05) is 22.6 Å². The number of alkyl halides is 1. The summed E-state index contributed by atoms with van der Waals surface area (Å²) in [6, 6.07) is 5.26. The van der Waals surface area contributed by atoms with Crippen molar-refractivity contribution < 1.29 is 13.3 Å². The molecule has 0 unspecified atom stereocenters. The van der Waals surface area contributed by atoms with Crippen LogP contribution in [0.4, 0.5) is 5.69 Å². The zero-order chi connectivity index (χ0) is 12.2. The Labute approximate surface area is 106 Å². The Hall–Kier alpha value is -0.740. The van der Waals surface area contributed by atoms with Crippen molar-refractivity contribution in [1.82, 2.24) is 4.72 Å². The predicted octanol–water partition coefficient (Wildman–Crippen LogP) is 1.31. The number of hydrogen-bond donors (Lipinski definition) is 1. The summed E-state index contributed by atoms with van der Waals surface area (Å²) in [7, 11) is -3.79. The van der Waals surface area contributed by atoms with E-state index >= 15 is 0 Å². The van der Waals surface area contributed by atoms with Crippen molar-refractivity contribution in [2.45, 2.75) is 4.90 Å². The number of nitro benzene ring substituents is 1. The second kappa shape index (κ2) is 5.55. The summed E-state index contributed by atoms with van der Waals surface area (Å²) in [5, 5.41) is 10.7. The highest BCUT2D eigenvalue weighted by molar-refractivity contribution is 14.1. The van der Waals surface area contributed by atoms with Crippen LogP contribution in [-0.4, -0.2) is 24.3 Å². The van der Waals surface area contributed by atoms with Gasteiger partial charge in [-0.1, -0.05) is 34.7 Å². The number of nitrogens with zero attached hydrogens (tertiary/aromatic N) is 1. The van der Waals surface area contributed by atoms with Crippen LogP contribution < -0.4 is 4.72 Å². The van der Waals surface area contributed by atoms with Gasteiger partial charge in [0.15, 0.2) is 4.90 Å². The van der Waals surface area contributed by atoms with Gasteiger partial charge in [0.25, 0.3) is 5.69 Å². The zero-order valence-electron chi connectivity index (χ0n) is 8.09. The van der Waals surface area contributed by atoms with Gasteiger partial charge in [-0.3, -0.25) is 10.1 Å². The number of halogens is 1. The fraction of sp³-hybridized carbons (Fsp3) is 0.250. The molecule has 8 heteroatoms. The average Bonchev–Trinajstić information content (AvgIpc) is 2.26. The van der Waals surface area contributed by atoms with E-state index in [4.69, 9.17) is 0 Å². The van der Waals surface area contributed by atoms with Crippen molar-refractivity contribution in [2.24, 2.45) is 0 Å². The summed E-state index contributed by atoms with van der Waals surface area (Å²) >= 11 is 2.01. The van der Waals surface area contributed by atoms with Gasteiger partial charge in [-0.25, -0.2) is 13.1 Å². The van der Waals surface area contributed by atoms with Crippen molar-refractivity contribution >= 4 is 38.3 Å². The summed E-state index contributed by atoms with van der Waals surface area (Å²) in [6.07, 6.45) is 0. The lowest BCUT2D eigenvalue weighted by molar-refractivity contribution is -0.387. The Kier molecular flexibility index (Phi) is 4.62. The summed E-state index contributed by atoms with van der Waals surface area (Å²) in [4.78, 5) is 9.64. The molecule has 0 saturated heterocycles. The maximum atomic E-state index is 11.7. The third-order valence-corrected chi connectivity index (χ3v) is 3.79. The molecular formula is C8H9IN2O4S. The first-order valence-electron chi connectivity index (χ1n) is 4.28. The van der Waals surface area contributed by atoms with Gasteiger partial charge in [-0.15, -0.1) is 0 Å². The molecule has 1 aromatic rings. The van der Waals surface area contributed by atoms with Crippen LogP contribution in [0.25, 0.3) is 0 Å². The highest BCUT2D eigenvalue weighted by Crippen LogP contribution is 2.22. The molecule has 1 rings (SSSR count). The molecule has 0 aromatic heterocycles. The van der Waals surface area contributed by atoms with E-state index in [9.17, 15) is 18.5 Å². The van der Waals surface area contributed by atoms with Crippen LogP contribution >= 0.6 is 22.6 Å². The topological polar surface area (TPSA) is 89.3 Å². The molecule has 0 spiro atoms. The van der Waals surface area contributed by atoms with Gasteiger partial charge >= 0.3 is 0 Å². The maximum Gasteiger partial charge on any atom is 0.289 e. The van der Waals surface area contributed by atoms with Gasteiger partial charge in [0.2, 0.25) is 10.0 Å². The Bertz CT molecular complexity index is 489. The van der Waals surface area contributed by atoms with E-state index in [2.05, 4.69) is 4.72 Å². The quantitative estimate of drug-likeness (QED) is 0.373. The third-order valence-electron chi connectivity index (χ3n) is 1.74. The van der Waals surface area contributed by atoms with E-state index in [1.165, 1.54) is 24.3 Å². The molecule has 0 saturated carbocycles. The minimum Gasteiger partial charge on any atom is -0.258 e. The number of nitro groups is 1. The normalized spacial score (nSPS) is 11.3. The van der Waals surface area contributed by atoms with Crippen LogP contribution in [-0.2, 0) is 10.0 Å². The number of para-hydroxylation sites is 1. The Balaban J connectivity index is 3.17. The van der Waals surface area contributed by atoms with Gasteiger partial charge in [-0.05, 0) is 6.07 Å². The number of hydrogen-bond acceptors (Lipinski definition) is 4. The SMILES string of the molecule is O=[N+]([O-])c1ccccc1S(=O)(=O)NCCI. The zero-order valence-corrected chi connectivity index (χ0v) is 11.1. The van der Waals surface area contributed by atoms with Crippen LogP contribution in [0.5, 0.6) is 0 Å². The highest BCUT2D eigenvalue weighted by atomic mass is 127. The smallest absolute Gasteiger partial charge is 0.258 e. The van der Waals surface area contributed by atoms with E-state index in [-0.39, 0.29) is 11.4 Å². The number of rotatable bonds is 5. The molecule has 1 aromatic carbocycles. The van der Waals surface area contributed by atoms with Crippen molar-refractivity contribution in [3.8, 4) is 0 Å². The standard InChI is InChI=1S/C8H9IN2O4S/c9-5-6-10-16(14,15)8-4-2-1-3-7(8)11(12)13/h1-4,10H,5-6H2. The molecule has 0 aliphatic heterocycles. The second-order valence-corrected chi connectivity index (χ2v) is 5.63. The molecule has 0 atom stereocenters. The minimum absolute atomic E-state index is 0.245. The maximum absolute atomic E-state index is 11.7. The summed E-state index contributed by atoms with van der Waals surface area (Å²) in [5.41, 5.74) is -0.413. The Morgan fingerprint density at radius 3 is 2.56 bits per heavy atom. The molecule has 1 N–H and O–H groups in total. The van der Waals surface area contributed by atoms with Crippen LogP contribution in [0, 0.1) is 10.1 Å². The van der Waals surface area contributed by atoms with Crippen molar-refractivity contribution in [2.75, 3.05) is 11.0 Å². The molecule has 0 heterocycles. The monoisotopic (exact) mass is 356 g/mol. The van der Waals surface area contributed by atoms with Gasteiger partial charge in [0, 0.05) is 17.0 Å². The van der Waals surface area contributed by atoms with E-state index in [0.717, 1.165) is 0 Å². The lowest BCUT2D eigenvalue weighted by Gasteiger charge is -2.05. The van der Waals surface area contributed by atoms with Gasteiger partial charge in [-0.2, -0.15) is 0 Å². The van der Waals surface area contributed by atoms with E-state index < -0.39 is 20.6 Å². The molecule has 6 nitrogen and oxygen atoms in total. The molecule has 16 heavy (non-hydrogen) atoms. The summed E-state index contributed by atoms with van der Waals surface area (Å²) in [5.74, 6) is 0. The first-order chi connectivity index (χ1) is 7.49. The number of sulfonamides is 1. The molecule has 0 aliphatic rings.